The highest BCUT2D eigenvalue weighted by Crippen LogP contribution is 2.45. The first-order valence-corrected chi connectivity index (χ1v) is 12.1. The number of phenolic OH excluding ortho intramolecular Hbond substituents is 1. The van der Waals surface area contributed by atoms with Crippen molar-refractivity contribution in [3.05, 3.63) is 63.8 Å². The van der Waals surface area contributed by atoms with Gasteiger partial charge in [0.15, 0.2) is 0 Å². The maximum absolute atomic E-state index is 13.3. The predicted octanol–water partition coefficient (Wildman–Crippen LogP) is 5.24. The largest absolute Gasteiger partial charge is 0.507 e. The van der Waals surface area contributed by atoms with Gasteiger partial charge in [0.2, 0.25) is 0 Å². The first-order valence-electron chi connectivity index (χ1n) is 11.7. The summed E-state index contributed by atoms with van der Waals surface area (Å²) in [6, 6.07) is 10.6. The highest BCUT2D eigenvalue weighted by Gasteiger charge is 2.42. The second-order valence-corrected chi connectivity index (χ2v) is 8.99. The molecule has 0 radical (unpaired) electrons. The summed E-state index contributed by atoms with van der Waals surface area (Å²) in [7, 11) is 0. The lowest BCUT2D eigenvalue weighted by molar-refractivity contribution is 0.0732. The number of halogens is 1. The van der Waals surface area contributed by atoms with Gasteiger partial charge in [0.05, 0.1) is 12.6 Å². The topological polar surface area (TPSA) is 98.7 Å². The number of nitrogens with one attached hydrogen (secondary N) is 1. The minimum absolute atomic E-state index is 0.0194. The summed E-state index contributed by atoms with van der Waals surface area (Å²) >= 11 is 6.34. The molecule has 0 fully saturated rings. The van der Waals surface area contributed by atoms with Crippen LogP contribution in [0.15, 0.2) is 36.4 Å². The number of aryl methyl sites for hydroxylation is 1. The lowest BCUT2D eigenvalue weighted by Crippen LogP contribution is -2.31. The first-order chi connectivity index (χ1) is 16.5. The van der Waals surface area contributed by atoms with Gasteiger partial charge in [0, 0.05) is 29.3 Å². The molecule has 0 spiro atoms. The third-order valence-electron chi connectivity index (χ3n) is 6.17. The fourth-order valence-corrected chi connectivity index (χ4v) is 4.53. The molecule has 2 aromatic carbocycles. The molecule has 7 nitrogen and oxygen atoms in total. The number of aliphatic hydroxyl groups excluding tert-OH is 1. The maximum Gasteiger partial charge on any atom is 0.273 e. The first kappa shape index (κ1) is 24.1. The van der Waals surface area contributed by atoms with Gasteiger partial charge < -0.3 is 19.8 Å². The van der Waals surface area contributed by atoms with Crippen LogP contribution in [0.3, 0.4) is 0 Å². The standard InChI is InChI=1S/C26H30ClN3O4/c1-3-4-5-13-34-18-9-7-17(8-10-18)25-22-23(19-15-20(27)16(2)14-21(19)32)28-29-24(22)26(33)30(25)11-6-12-31/h7-10,14-15,25,31-32H,3-6,11-13H2,1-2H3,(H,28,29). The molecule has 1 aliphatic rings. The smallest absolute Gasteiger partial charge is 0.273 e. The Morgan fingerprint density at radius 2 is 1.94 bits per heavy atom. The Labute approximate surface area is 204 Å². The quantitative estimate of drug-likeness (QED) is 0.342. The monoisotopic (exact) mass is 483 g/mol. The Balaban J connectivity index is 1.73. The molecule has 1 aromatic heterocycles. The average molecular weight is 484 g/mol. The molecule has 0 bridgehead atoms. The number of benzene rings is 2. The van der Waals surface area contributed by atoms with Crippen molar-refractivity contribution in [3.63, 3.8) is 0 Å². The van der Waals surface area contributed by atoms with Gasteiger partial charge in [-0.05, 0) is 55.2 Å². The second-order valence-electron chi connectivity index (χ2n) is 8.58. The zero-order chi connectivity index (χ0) is 24.2. The van der Waals surface area contributed by atoms with Gasteiger partial charge >= 0.3 is 0 Å². The Kier molecular flexibility index (Phi) is 7.44. The lowest BCUT2D eigenvalue weighted by Gasteiger charge is -2.26. The van der Waals surface area contributed by atoms with Crippen molar-refractivity contribution < 1.29 is 19.7 Å². The third-order valence-corrected chi connectivity index (χ3v) is 6.57. The molecule has 1 unspecified atom stereocenters. The van der Waals surface area contributed by atoms with Crippen LogP contribution >= 0.6 is 11.6 Å². The molecule has 1 aliphatic heterocycles. The molecule has 0 saturated carbocycles. The summed E-state index contributed by atoms with van der Waals surface area (Å²) in [5.41, 5.74) is 3.67. The number of aromatic nitrogens is 2. The number of phenols is 1. The molecule has 8 heteroatoms. The average Bonchev–Trinajstić information content (AvgIpc) is 3.37. The van der Waals surface area contributed by atoms with E-state index in [1.807, 2.05) is 31.2 Å². The van der Waals surface area contributed by atoms with Crippen molar-refractivity contribution in [2.75, 3.05) is 19.8 Å². The van der Waals surface area contributed by atoms with E-state index in [0.29, 0.717) is 47.1 Å². The van der Waals surface area contributed by atoms with Crippen LogP contribution in [0.5, 0.6) is 11.5 Å². The second kappa shape index (κ2) is 10.5. The van der Waals surface area contributed by atoms with E-state index in [-0.39, 0.29) is 18.3 Å². The van der Waals surface area contributed by atoms with Crippen LogP contribution < -0.4 is 4.74 Å². The molecule has 4 rings (SSSR count). The number of carbonyl (C=O) groups excluding carboxylic acids is 1. The van der Waals surface area contributed by atoms with Crippen LogP contribution in [0.4, 0.5) is 0 Å². The molecule has 2 heterocycles. The maximum atomic E-state index is 13.3. The van der Waals surface area contributed by atoms with Crippen LogP contribution in [0.1, 0.15) is 65.8 Å². The van der Waals surface area contributed by atoms with Crippen molar-refractivity contribution in [2.45, 2.75) is 45.6 Å². The lowest BCUT2D eigenvalue weighted by atomic mass is 9.95. The van der Waals surface area contributed by atoms with Gasteiger partial charge in [-0.2, -0.15) is 5.10 Å². The number of H-pyrrole nitrogens is 1. The van der Waals surface area contributed by atoms with Crippen molar-refractivity contribution in [2.24, 2.45) is 0 Å². The Bertz CT molecular complexity index is 1160. The van der Waals surface area contributed by atoms with Crippen molar-refractivity contribution in [1.29, 1.82) is 0 Å². The van der Waals surface area contributed by atoms with Gasteiger partial charge in [0.1, 0.15) is 22.9 Å². The van der Waals surface area contributed by atoms with E-state index in [0.717, 1.165) is 36.1 Å². The fourth-order valence-electron chi connectivity index (χ4n) is 4.36. The summed E-state index contributed by atoms with van der Waals surface area (Å²) in [6.07, 6.45) is 3.73. The Morgan fingerprint density at radius 1 is 1.18 bits per heavy atom. The van der Waals surface area contributed by atoms with E-state index in [1.54, 1.807) is 17.0 Å². The SMILES string of the molecule is CCCCCOc1ccc(C2c3c(-c4cc(Cl)c(C)cc4O)n[nH]c3C(=O)N2CCCO)cc1. The molecule has 1 amide bonds. The molecule has 0 aliphatic carbocycles. The number of hydrogen-bond donors (Lipinski definition) is 3. The Morgan fingerprint density at radius 3 is 2.65 bits per heavy atom. The fraction of sp³-hybridized carbons (Fsp3) is 0.385. The molecular weight excluding hydrogens is 454 g/mol. The van der Waals surface area contributed by atoms with Gasteiger partial charge in [-0.25, -0.2) is 0 Å². The number of hydrogen-bond acceptors (Lipinski definition) is 5. The molecule has 3 N–H and O–H groups in total. The van der Waals surface area contributed by atoms with E-state index in [1.165, 1.54) is 0 Å². The van der Waals surface area contributed by atoms with Gasteiger partial charge in [0.25, 0.3) is 5.91 Å². The number of aliphatic hydroxyl groups is 1. The van der Waals surface area contributed by atoms with Gasteiger partial charge in [-0.1, -0.05) is 43.5 Å². The number of aromatic hydroxyl groups is 1. The molecular formula is C26H30ClN3O4. The molecule has 180 valence electrons. The van der Waals surface area contributed by atoms with Crippen LogP contribution in [-0.2, 0) is 0 Å². The number of nitrogens with zero attached hydrogens (tertiary/aromatic N) is 2. The number of fused-ring (bicyclic) bond motifs is 1. The molecule has 1 atom stereocenters. The van der Waals surface area contributed by atoms with E-state index in [4.69, 9.17) is 16.3 Å². The highest BCUT2D eigenvalue weighted by molar-refractivity contribution is 6.31. The molecule has 34 heavy (non-hydrogen) atoms. The minimum atomic E-state index is -0.420. The zero-order valence-electron chi connectivity index (χ0n) is 19.5. The van der Waals surface area contributed by atoms with Crippen LogP contribution in [0.2, 0.25) is 5.02 Å². The molecule has 3 aromatic rings. The highest BCUT2D eigenvalue weighted by atomic mass is 35.5. The third kappa shape index (κ3) is 4.63. The van der Waals surface area contributed by atoms with Crippen molar-refractivity contribution >= 4 is 17.5 Å². The van der Waals surface area contributed by atoms with E-state index >= 15 is 0 Å². The number of rotatable bonds is 10. The Hall–Kier alpha value is -3.03. The van der Waals surface area contributed by atoms with Crippen molar-refractivity contribution in [3.8, 4) is 22.8 Å². The number of amides is 1. The van der Waals surface area contributed by atoms with Crippen LogP contribution in [-0.4, -0.2) is 51.0 Å². The zero-order valence-corrected chi connectivity index (χ0v) is 20.2. The van der Waals surface area contributed by atoms with Crippen LogP contribution in [0.25, 0.3) is 11.3 Å². The summed E-state index contributed by atoms with van der Waals surface area (Å²) < 4.78 is 5.85. The number of ether oxygens (including phenoxy) is 1. The van der Waals surface area contributed by atoms with Gasteiger partial charge in [-0.15, -0.1) is 0 Å². The van der Waals surface area contributed by atoms with Crippen LogP contribution in [0, 0.1) is 6.92 Å². The summed E-state index contributed by atoms with van der Waals surface area (Å²) in [4.78, 5) is 15.0. The minimum Gasteiger partial charge on any atom is -0.507 e. The van der Waals surface area contributed by atoms with Gasteiger partial charge in [-0.3, -0.25) is 9.89 Å². The normalized spacial score (nSPS) is 15.1. The predicted molar refractivity (Wildman–Crippen MR) is 131 cm³/mol. The number of aromatic amines is 1. The summed E-state index contributed by atoms with van der Waals surface area (Å²) in [6.45, 7) is 5.01. The summed E-state index contributed by atoms with van der Waals surface area (Å²) in [5, 5.41) is 27.8. The van der Waals surface area contributed by atoms with E-state index in [2.05, 4.69) is 17.1 Å². The van der Waals surface area contributed by atoms with E-state index < -0.39 is 6.04 Å². The number of carbonyl (C=O) groups is 1. The van der Waals surface area contributed by atoms with Crippen molar-refractivity contribution in [1.82, 2.24) is 15.1 Å². The number of unbranched alkanes of at least 4 members (excludes halogenated alkanes) is 2. The summed E-state index contributed by atoms with van der Waals surface area (Å²) in [5.74, 6) is 0.638. The van der Waals surface area contributed by atoms with E-state index in [9.17, 15) is 15.0 Å². The molecule has 0 saturated heterocycles.